The molecule has 0 spiro atoms. The van der Waals surface area contributed by atoms with Gasteiger partial charge in [0.15, 0.2) is 5.01 Å². The fraction of sp³-hybridized carbons (Fsp3) is 0.429. The van der Waals surface area contributed by atoms with Crippen LogP contribution in [0.25, 0.3) is 10.6 Å². The van der Waals surface area contributed by atoms with E-state index >= 15 is 0 Å². The maximum atomic E-state index is 11.2. The first-order valence-electron chi connectivity index (χ1n) is 6.76. The minimum Gasteiger partial charge on any atom is -0.310 e. The summed E-state index contributed by atoms with van der Waals surface area (Å²) in [6.07, 6.45) is 0. The van der Waals surface area contributed by atoms with Gasteiger partial charge in [0.2, 0.25) is 0 Å². The summed E-state index contributed by atoms with van der Waals surface area (Å²) in [6.45, 7) is 7.65. The molecule has 1 N–H and O–H groups in total. The lowest BCUT2D eigenvalue weighted by molar-refractivity contribution is -0.384. The summed E-state index contributed by atoms with van der Waals surface area (Å²) in [5.41, 5.74) is 1.48. The van der Waals surface area contributed by atoms with Crippen LogP contribution in [0, 0.1) is 23.0 Å². The smallest absolute Gasteiger partial charge is 0.279 e. The summed E-state index contributed by atoms with van der Waals surface area (Å²) in [5.74, 6) is 0.565. The standard InChI is InChI=1S/C14H18N4O2S/c1-9(2)7-15-8-12-16-17-14(21-12)13-10(3)5-4-6-11(13)18(19)20/h4-6,9,15H,7-8H2,1-3H3. The average Bonchev–Trinajstić information content (AvgIpc) is 2.86. The first kappa shape index (κ1) is 15.5. The first-order chi connectivity index (χ1) is 9.99. The highest BCUT2D eigenvalue weighted by atomic mass is 32.1. The Labute approximate surface area is 127 Å². The second kappa shape index (κ2) is 6.73. The minimum absolute atomic E-state index is 0.0767. The number of rotatable bonds is 6. The molecule has 0 saturated carbocycles. The lowest BCUT2D eigenvalue weighted by Gasteiger charge is -2.04. The van der Waals surface area contributed by atoms with Gasteiger partial charge >= 0.3 is 0 Å². The first-order valence-corrected chi connectivity index (χ1v) is 7.58. The third kappa shape index (κ3) is 3.83. The van der Waals surface area contributed by atoms with Crippen LogP contribution >= 0.6 is 11.3 Å². The quantitative estimate of drug-likeness (QED) is 0.655. The van der Waals surface area contributed by atoms with Crippen LogP contribution in [-0.4, -0.2) is 21.7 Å². The van der Waals surface area contributed by atoms with E-state index in [1.807, 2.05) is 13.0 Å². The van der Waals surface area contributed by atoms with Gasteiger partial charge in [0.1, 0.15) is 5.01 Å². The third-order valence-corrected chi connectivity index (χ3v) is 3.90. The van der Waals surface area contributed by atoms with Crippen LogP contribution in [0.5, 0.6) is 0 Å². The molecule has 1 aromatic heterocycles. The Morgan fingerprint density at radius 1 is 1.38 bits per heavy atom. The molecule has 1 heterocycles. The van der Waals surface area contributed by atoms with Gasteiger partial charge in [-0.15, -0.1) is 10.2 Å². The number of nitro benzene ring substituents is 1. The van der Waals surface area contributed by atoms with Gasteiger partial charge in [0, 0.05) is 12.6 Å². The maximum absolute atomic E-state index is 11.2. The summed E-state index contributed by atoms with van der Waals surface area (Å²) in [4.78, 5) is 10.8. The Bertz CT molecular complexity index is 640. The van der Waals surface area contributed by atoms with Crippen molar-refractivity contribution in [1.29, 1.82) is 0 Å². The van der Waals surface area contributed by atoms with E-state index in [1.54, 1.807) is 6.07 Å². The van der Waals surface area contributed by atoms with Crippen molar-refractivity contribution < 1.29 is 4.92 Å². The van der Waals surface area contributed by atoms with Crippen molar-refractivity contribution in [2.45, 2.75) is 27.3 Å². The SMILES string of the molecule is Cc1cccc([N+](=O)[O-])c1-c1nnc(CNCC(C)C)s1. The summed E-state index contributed by atoms with van der Waals surface area (Å²) >= 11 is 1.39. The molecular formula is C14H18N4O2S. The fourth-order valence-corrected chi connectivity index (χ4v) is 2.90. The highest BCUT2D eigenvalue weighted by Gasteiger charge is 2.20. The predicted octanol–water partition coefficient (Wildman–Crippen LogP) is 3.17. The molecule has 0 aliphatic heterocycles. The molecule has 0 radical (unpaired) electrons. The van der Waals surface area contributed by atoms with Gasteiger partial charge in [-0.25, -0.2) is 0 Å². The highest BCUT2D eigenvalue weighted by molar-refractivity contribution is 7.14. The zero-order valence-electron chi connectivity index (χ0n) is 12.3. The van der Waals surface area contributed by atoms with Crippen molar-refractivity contribution in [3.8, 4) is 10.6 Å². The Balaban J connectivity index is 2.24. The van der Waals surface area contributed by atoms with Crippen LogP contribution in [0.4, 0.5) is 5.69 Å². The number of benzene rings is 1. The van der Waals surface area contributed by atoms with E-state index in [-0.39, 0.29) is 10.6 Å². The largest absolute Gasteiger partial charge is 0.310 e. The molecule has 0 atom stereocenters. The molecular weight excluding hydrogens is 288 g/mol. The molecule has 0 saturated heterocycles. The van der Waals surface area contributed by atoms with Crippen LogP contribution in [0.3, 0.4) is 0 Å². The van der Waals surface area contributed by atoms with Gasteiger partial charge in [-0.1, -0.05) is 37.3 Å². The van der Waals surface area contributed by atoms with E-state index in [0.717, 1.165) is 17.1 Å². The molecule has 2 aromatic rings. The zero-order chi connectivity index (χ0) is 15.4. The van der Waals surface area contributed by atoms with Crippen LogP contribution in [-0.2, 0) is 6.54 Å². The van der Waals surface area contributed by atoms with Gasteiger partial charge in [0.05, 0.1) is 10.5 Å². The molecule has 6 nitrogen and oxygen atoms in total. The summed E-state index contributed by atoms with van der Waals surface area (Å²) in [7, 11) is 0. The second-order valence-corrected chi connectivity index (χ2v) is 6.31. The zero-order valence-corrected chi connectivity index (χ0v) is 13.1. The number of nitrogens with one attached hydrogen (secondary N) is 1. The number of aryl methyl sites for hydroxylation is 1. The molecule has 0 aliphatic carbocycles. The van der Waals surface area contributed by atoms with Gasteiger partial charge in [0.25, 0.3) is 5.69 Å². The molecule has 7 heteroatoms. The molecule has 0 amide bonds. The van der Waals surface area contributed by atoms with Crippen molar-refractivity contribution in [2.24, 2.45) is 5.92 Å². The van der Waals surface area contributed by atoms with Crippen LogP contribution in [0.1, 0.15) is 24.4 Å². The van der Waals surface area contributed by atoms with E-state index in [0.29, 0.717) is 23.0 Å². The monoisotopic (exact) mass is 306 g/mol. The Morgan fingerprint density at radius 3 is 2.81 bits per heavy atom. The third-order valence-electron chi connectivity index (χ3n) is 2.96. The predicted molar refractivity (Wildman–Crippen MR) is 83.3 cm³/mol. The molecule has 0 bridgehead atoms. The van der Waals surface area contributed by atoms with E-state index in [1.165, 1.54) is 17.4 Å². The molecule has 21 heavy (non-hydrogen) atoms. The second-order valence-electron chi connectivity index (χ2n) is 5.25. The van der Waals surface area contributed by atoms with Crippen LogP contribution in [0.2, 0.25) is 0 Å². The molecule has 0 unspecified atom stereocenters. The summed E-state index contributed by atoms with van der Waals surface area (Å²) < 4.78 is 0. The van der Waals surface area contributed by atoms with Crippen molar-refractivity contribution in [1.82, 2.24) is 15.5 Å². The summed E-state index contributed by atoms with van der Waals surface area (Å²) in [5, 5.41) is 24.1. The van der Waals surface area contributed by atoms with Crippen molar-refractivity contribution in [3.05, 3.63) is 38.9 Å². The Kier molecular flexibility index (Phi) is 4.98. The van der Waals surface area contributed by atoms with E-state index in [2.05, 4.69) is 29.4 Å². The number of nitrogens with zero attached hydrogens (tertiary/aromatic N) is 3. The number of nitro groups is 1. The lowest BCUT2D eigenvalue weighted by Crippen LogP contribution is -2.18. The number of aromatic nitrogens is 2. The molecule has 0 fully saturated rings. The number of hydrogen-bond acceptors (Lipinski definition) is 6. The average molecular weight is 306 g/mol. The van der Waals surface area contributed by atoms with Gasteiger partial charge in [-0.2, -0.15) is 0 Å². The van der Waals surface area contributed by atoms with Crippen molar-refractivity contribution in [3.63, 3.8) is 0 Å². The van der Waals surface area contributed by atoms with Crippen molar-refractivity contribution >= 4 is 17.0 Å². The van der Waals surface area contributed by atoms with Gasteiger partial charge in [-0.05, 0) is 24.9 Å². The van der Waals surface area contributed by atoms with Crippen LogP contribution in [0.15, 0.2) is 18.2 Å². The molecule has 1 aromatic carbocycles. The Morgan fingerprint density at radius 2 is 2.14 bits per heavy atom. The topological polar surface area (TPSA) is 81.0 Å². The van der Waals surface area contributed by atoms with Gasteiger partial charge in [-0.3, -0.25) is 10.1 Å². The van der Waals surface area contributed by atoms with Gasteiger partial charge < -0.3 is 5.32 Å². The summed E-state index contributed by atoms with van der Waals surface area (Å²) in [6, 6.07) is 5.03. The van der Waals surface area contributed by atoms with E-state index in [9.17, 15) is 10.1 Å². The highest BCUT2D eigenvalue weighted by Crippen LogP contribution is 2.34. The molecule has 0 aliphatic rings. The van der Waals surface area contributed by atoms with E-state index < -0.39 is 0 Å². The molecule has 112 valence electrons. The van der Waals surface area contributed by atoms with Crippen molar-refractivity contribution in [2.75, 3.05) is 6.54 Å². The number of hydrogen-bond donors (Lipinski definition) is 1. The lowest BCUT2D eigenvalue weighted by atomic mass is 10.1. The maximum Gasteiger partial charge on any atom is 0.279 e. The fourth-order valence-electron chi connectivity index (χ4n) is 1.98. The van der Waals surface area contributed by atoms with Crippen LogP contribution < -0.4 is 5.32 Å². The minimum atomic E-state index is -0.375. The van der Waals surface area contributed by atoms with E-state index in [4.69, 9.17) is 0 Å². The molecule has 2 rings (SSSR count). The normalized spacial score (nSPS) is 11.0. The Hall–Kier alpha value is -1.86.